The van der Waals surface area contributed by atoms with Crippen molar-refractivity contribution in [3.63, 3.8) is 0 Å². The number of benzene rings is 1. The van der Waals surface area contributed by atoms with Crippen LogP contribution in [-0.4, -0.2) is 47.9 Å². The average Bonchev–Trinajstić information content (AvgIpc) is 3.01. The molecule has 0 radical (unpaired) electrons. The summed E-state index contributed by atoms with van der Waals surface area (Å²) in [5, 5.41) is 0.770. The summed E-state index contributed by atoms with van der Waals surface area (Å²) in [4.78, 5) is 17.0. The molecule has 1 saturated heterocycles. The van der Waals surface area contributed by atoms with Gasteiger partial charge in [0.1, 0.15) is 0 Å². The lowest BCUT2D eigenvalue weighted by atomic mass is 10.0. The van der Waals surface area contributed by atoms with Crippen molar-refractivity contribution < 1.29 is 4.79 Å². The van der Waals surface area contributed by atoms with Gasteiger partial charge in [-0.3, -0.25) is 9.69 Å². The molecule has 1 amide bonds. The van der Waals surface area contributed by atoms with Crippen LogP contribution < -0.4 is 5.73 Å². The normalized spacial score (nSPS) is 25.0. The number of rotatable bonds is 3. The molecule has 0 bridgehead atoms. The van der Waals surface area contributed by atoms with Crippen LogP contribution in [0.1, 0.15) is 37.8 Å². The minimum atomic E-state index is 0. The van der Waals surface area contributed by atoms with Crippen LogP contribution >= 0.6 is 36.4 Å². The summed E-state index contributed by atoms with van der Waals surface area (Å²) in [7, 11) is 0. The van der Waals surface area contributed by atoms with Crippen molar-refractivity contribution in [1.29, 1.82) is 0 Å². The summed E-state index contributed by atoms with van der Waals surface area (Å²) in [6.45, 7) is 5.71. The van der Waals surface area contributed by atoms with Crippen molar-refractivity contribution in [2.24, 2.45) is 11.7 Å². The Balaban J connectivity index is 0.00000156. The Morgan fingerprint density at radius 2 is 1.72 bits per heavy atom. The van der Waals surface area contributed by atoms with Crippen molar-refractivity contribution in [1.82, 2.24) is 9.80 Å². The second-order valence-corrected chi connectivity index (χ2v) is 7.30. The standard InChI is InChI=1S/C18H26ClN3O.2ClH/c1-13(14-2-5-16(19)6-3-14)21-8-10-22(11-9-21)18(23)15-4-7-17(20)12-15;;/h2-3,5-6,13,15,17H,4,7-12,20H2,1H3;2*1H. The number of hydrogen-bond acceptors (Lipinski definition) is 3. The Bertz CT molecular complexity index is 547. The summed E-state index contributed by atoms with van der Waals surface area (Å²) in [5.41, 5.74) is 7.21. The summed E-state index contributed by atoms with van der Waals surface area (Å²) < 4.78 is 0. The number of carbonyl (C=O) groups excluding carboxylic acids is 1. The number of nitrogens with zero attached hydrogens (tertiary/aromatic N) is 2. The van der Waals surface area contributed by atoms with Gasteiger partial charge in [-0.05, 0) is 43.9 Å². The maximum Gasteiger partial charge on any atom is 0.225 e. The van der Waals surface area contributed by atoms with Gasteiger partial charge in [-0.25, -0.2) is 0 Å². The molecule has 2 fully saturated rings. The van der Waals surface area contributed by atoms with E-state index in [-0.39, 0.29) is 36.8 Å². The Morgan fingerprint density at radius 1 is 1.12 bits per heavy atom. The van der Waals surface area contributed by atoms with E-state index in [4.69, 9.17) is 17.3 Å². The van der Waals surface area contributed by atoms with Crippen molar-refractivity contribution in [2.75, 3.05) is 26.2 Å². The zero-order valence-corrected chi connectivity index (χ0v) is 17.0. The van der Waals surface area contributed by atoms with Crippen molar-refractivity contribution >= 4 is 42.3 Å². The summed E-state index contributed by atoms with van der Waals surface area (Å²) in [6.07, 6.45) is 2.81. The van der Waals surface area contributed by atoms with E-state index in [1.54, 1.807) is 0 Å². The first kappa shape index (κ1) is 22.5. The molecule has 3 rings (SSSR count). The van der Waals surface area contributed by atoms with Crippen molar-refractivity contribution in [2.45, 2.75) is 38.3 Å². The van der Waals surface area contributed by atoms with Gasteiger partial charge in [-0.15, -0.1) is 24.8 Å². The fourth-order valence-electron chi connectivity index (χ4n) is 3.78. The number of amides is 1. The summed E-state index contributed by atoms with van der Waals surface area (Å²) in [6, 6.07) is 8.63. The number of halogens is 3. The minimum Gasteiger partial charge on any atom is -0.340 e. The smallest absolute Gasteiger partial charge is 0.225 e. The third-order valence-electron chi connectivity index (χ3n) is 5.35. The van der Waals surface area contributed by atoms with Crippen LogP contribution in [0.25, 0.3) is 0 Å². The van der Waals surface area contributed by atoms with E-state index in [9.17, 15) is 4.79 Å². The van der Waals surface area contributed by atoms with Gasteiger partial charge in [-0.2, -0.15) is 0 Å². The first-order valence-corrected chi connectivity index (χ1v) is 8.96. The van der Waals surface area contributed by atoms with Crippen molar-refractivity contribution in [3.8, 4) is 0 Å². The number of carbonyl (C=O) groups is 1. The molecular weight excluding hydrogens is 381 g/mol. The van der Waals surface area contributed by atoms with E-state index in [0.29, 0.717) is 11.9 Å². The van der Waals surface area contributed by atoms with E-state index < -0.39 is 0 Å². The molecule has 1 aromatic rings. The van der Waals surface area contributed by atoms with E-state index in [1.165, 1.54) is 5.56 Å². The maximum absolute atomic E-state index is 12.6. The Morgan fingerprint density at radius 3 is 2.24 bits per heavy atom. The monoisotopic (exact) mass is 407 g/mol. The first-order chi connectivity index (χ1) is 11.0. The molecule has 25 heavy (non-hydrogen) atoms. The predicted octanol–water partition coefficient (Wildman–Crippen LogP) is 3.52. The molecule has 1 aromatic carbocycles. The highest BCUT2D eigenvalue weighted by Gasteiger charge is 2.33. The Labute approximate surface area is 167 Å². The Hall–Kier alpha value is -0.520. The SMILES string of the molecule is CC(c1ccc(Cl)cc1)N1CCN(C(=O)C2CCC(N)C2)CC1.Cl.Cl. The van der Waals surface area contributed by atoms with Gasteiger partial charge < -0.3 is 10.6 Å². The van der Waals surface area contributed by atoms with E-state index in [0.717, 1.165) is 50.5 Å². The zero-order valence-electron chi connectivity index (χ0n) is 14.6. The molecule has 2 N–H and O–H groups in total. The highest BCUT2D eigenvalue weighted by atomic mass is 35.5. The van der Waals surface area contributed by atoms with E-state index in [1.807, 2.05) is 17.0 Å². The lowest BCUT2D eigenvalue weighted by Crippen LogP contribution is -2.50. The third kappa shape index (κ3) is 5.48. The molecule has 1 aliphatic carbocycles. The molecule has 2 aliphatic rings. The molecule has 142 valence electrons. The molecule has 7 heteroatoms. The zero-order chi connectivity index (χ0) is 16.4. The molecule has 3 atom stereocenters. The second kappa shape index (κ2) is 9.98. The predicted molar refractivity (Wildman–Crippen MR) is 108 cm³/mol. The highest BCUT2D eigenvalue weighted by Crippen LogP contribution is 2.28. The molecule has 4 nitrogen and oxygen atoms in total. The van der Waals surface area contributed by atoms with Crippen LogP contribution in [-0.2, 0) is 4.79 Å². The fraction of sp³-hybridized carbons (Fsp3) is 0.611. The second-order valence-electron chi connectivity index (χ2n) is 6.86. The van der Waals surface area contributed by atoms with Gasteiger partial charge in [0.25, 0.3) is 0 Å². The largest absolute Gasteiger partial charge is 0.340 e. The van der Waals surface area contributed by atoms with Crippen LogP contribution in [0.3, 0.4) is 0 Å². The molecule has 1 aliphatic heterocycles. The molecule has 0 aromatic heterocycles. The van der Waals surface area contributed by atoms with E-state index in [2.05, 4.69) is 24.0 Å². The number of nitrogens with two attached hydrogens (primary N) is 1. The van der Waals surface area contributed by atoms with Gasteiger partial charge in [0, 0.05) is 49.2 Å². The molecular formula is C18H28Cl3N3O. The van der Waals surface area contributed by atoms with Gasteiger partial charge in [0.15, 0.2) is 0 Å². The highest BCUT2D eigenvalue weighted by molar-refractivity contribution is 6.30. The van der Waals surface area contributed by atoms with E-state index >= 15 is 0 Å². The summed E-state index contributed by atoms with van der Waals surface area (Å²) >= 11 is 5.96. The van der Waals surface area contributed by atoms with Gasteiger partial charge in [0.2, 0.25) is 5.91 Å². The molecule has 3 unspecified atom stereocenters. The molecule has 1 saturated carbocycles. The lowest BCUT2D eigenvalue weighted by Gasteiger charge is -2.39. The number of piperazine rings is 1. The lowest BCUT2D eigenvalue weighted by molar-refractivity contribution is -0.137. The van der Waals surface area contributed by atoms with Crippen LogP contribution in [0.15, 0.2) is 24.3 Å². The fourth-order valence-corrected chi connectivity index (χ4v) is 3.91. The average molecular weight is 409 g/mol. The maximum atomic E-state index is 12.6. The van der Waals surface area contributed by atoms with Crippen LogP contribution in [0.2, 0.25) is 5.02 Å². The summed E-state index contributed by atoms with van der Waals surface area (Å²) in [5.74, 6) is 0.474. The van der Waals surface area contributed by atoms with Gasteiger partial charge in [-0.1, -0.05) is 23.7 Å². The first-order valence-electron chi connectivity index (χ1n) is 8.58. The molecule has 1 heterocycles. The minimum absolute atomic E-state index is 0. The van der Waals surface area contributed by atoms with Crippen LogP contribution in [0.5, 0.6) is 0 Å². The van der Waals surface area contributed by atoms with Crippen LogP contribution in [0.4, 0.5) is 0 Å². The molecule has 0 spiro atoms. The topological polar surface area (TPSA) is 49.6 Å². The Kier molecular flexibility index (Phi) is 8.99. The third-order valence-corrected chi connectivity index (χ3v) is 5.60. The quantitative estimate of drug-likeness (QED) is 0.832. The van der Waals surface area contributed by atoms with Gasteiger partial charge >= 0.3 is 0 Å². The van der Waals surface area contributed by atoms with Gasteiger partial charge in [0.05, 0.1) is 0 Å². The van der Waals surface area contributed by atoms with Crippen LogP contribution in [0, 0.1) is 5.92 Å². The van der Waals surface area contributed by atoms with Crippen molar-refractivity contribution in [3.05, 3.63) is 34.9 Å². The number of hydrogen-bond donors (Lipinski definition) is 1.